The molecule has 0 fully saturated rings. The van der Waals surface area contributed by atoms with Crippen LogP contribution in [0.3, 0.4) is 0 Å². The second-order valence-electron chi connectivity index (χ2n) is 4.83. The topological polar surface area (TPSA) is 119 Å². The number of ether oxygens (including phenoxy) is 1. The summed E-state index contributed by atoms with van der Waals surface area (Å²) in [5.74, 6) is 0.191. The molecule has 0 saturated heterocycles. The average Bonchev–Trinajstić information content (AvgIpc) is 2.51. The number of hydrogen-bond acceptors (Lipinski definition) is 5. The van der Waals surface area contributed by atoms with Gasteiger partial charge in [-0.25, -0.2) is 9.78 Å². The summed E-state index contributed by atoms with van der Waals surface area (Å²) in [7, 11) is 0. The van der Waals surface area contributed by atoms with Gasteiger partial charge in [-0.3, -0.25) is 15.1 Å². The van der Waals surface area contributed by atoms with Crippen molar-refractivity contribution in [1.82, 2.24) is 9.97 Å². The number of rotatable bonds is 6. The zero-order valence-electron chi connectivity index (χ0n) is 12.9. The standard InChI is InChI=1S/C15H16ClN5O3/c1-9-7-19-14(8-18-9)21-15(23)20-11-6-10(16)2-3-12(11)24-5-4-13(17)22/h2-3,6-8H,4-5H2,1H3,(H2,17,22)(H2,19,20,21,23). The lowest BCUT2D eigenvalue weighted by atomic mass is 10.3. The van der Waals surface area contributed by atoms with Gasteiger partial charge in [0.25, 0.3) is 0 Å². The molecule has 0 spiro atoms. The van der Waals surface area contributed by atoms with Crippen molar-refractivity contribution in [3.8, 4) is 5.75 Å². The third kappa shape index (κ3) is 5.40. The number of amides is 3. The summed E-state index contributed by atoms with van der Waals surface area (Å²) < 4.78 is 5.44. The minimum Gasteiger partial charge on any atom is -0.491 e. The van der Waals surface area contributed by atoms with E-state index in [-0.39, 0.29) is 13.0 Å². The number of anilines is 2. The van der Waals surface area contributed by atoms with E-state index in [1.54, 1.807) is 19.1 Å². The Morgan fingerprint density at radius 2 is 2.04 bits per heavy atom. The highest BCUT2D eigenvalue weighted by atomic mass is 35.5. The molecule has 1 aromatic heterocycles. The van der Waals surface area contributed by atoms with E-state index in [4.69, 9.17) is 22.1 Å². The average molecular weight is 350 g/mol. The van der Waals surface area contributed by atoms with E-state index in [2.05, 4.69) is 20.6 Å². The summed E-state index contributed by atoms with van der Waals surface area (Å²) in [5, 5.41) is 5.57. The number of primary amides is 1. The van der Waals surface area contributed by atoms with E-state index >= 15 is 0 Å². The minimum absolute atomic E-state index is 0.0627. The van der Waals surface area contributed by atoms with E-state index in [9.17, 15) is 9.59 Å². The van der Waals surface area contributed by atoms with Crippen LogP contribution in [0.4, 0.5) is 16.3 Å². The molecule has 2 aromatic rings. The Kier molecular flexibility index (Phi) is 5.91. The van der Waals surface area contributed by atoms with Crippen LogP contribution in [0.5, 0.6) is 5.75 Å². The van der Waals surface area contributed by atoms with E-state index in [1.807, 2.05) is 0 Å². The van der Waals surface area contributed by atoms with Crippen molar-refractivity contribution in [2.45, 2.75) is 13.3 Å². The number of urea groups is 1. The van der Waals surface area contributed by atoms with Crippen LogP contribution in [0.1, 0.15) is 12.1 Å². The van der Waals surface area contributed by atoms with Gasteiger partial charge in [0.15, 0.2) is 5.82 Å². The first-order valence-corrected chi connectivity index (χ1v) is 7.39. The second-order valence-corrected chi connectivity index (χ2v) is 5.26. The maximum atomic E-state index is 12.0. The smallest absolute Gasteiger partial charge is 0.325 e. The maximum Gasteiger partial charge on any atom is 0.325 e. The lowest BCUT2D eigenvalue weighted by molar-refractivity contribution is -0.118. The van der Waals surface area contributed by atoms with Gasteiger partial charge in [-0.1, -0.05) is 11.6 Å². The Balaban J connectivity index is 2.03. The molecule has 0 aliphatic heterocycles. The highest BCUT2D eigenvalue weighted by Crippen LogP contribution is 2.28. The predicted molar refractivity (Wildman–Crippen MR) is 90.2 cm³/mol. The Bertz CT molecular complexity index is 736. The summed E-state index contributed by atoms with van der Waals surface area (Å²) in [6.45, 7) is 1.88. The molecule has 0 atom stereocenters. The number of nitrogens with two attached hydrogens (primary N) is 1. The van der Waals surface area contributed by atoms with Crippen molar-refractivity contribution in [2.24, 2.45) is 5.73 Å². The molecular formula is C15H16ClN5O3. The SMILES string of the molecule is Cc1cnc(NC(=O)Nc2cc(Cl)ccc2OCCC(N)=O)cn1. The molecule has 1 heterocycles. The van der Waals surface area contributed by atoms with Crippen molar-refractivity contribution < 1.29 is 14.3 Å². The van der Waals surface area contributed by atoms with E-state index in [0.717, 1.165) is 5.69 Å². The van der Waals surface area contributed by atoms with E-state index in [0.29, 0.717) is 22.3 Å². The van der Waals surface area contributed by atoms with Gasteiger partial charge in [-0.2, -0.15) is 0 Å². The van der Waals surface area contributed by atoms with Gasteiger partial charge < -0.3 is 15.8 Å². The van der Waals surface area contributed by atoms with Gasteiger partial charge >= 0.3 is 6.03 Å². The summed E-state index contributed by atoms with van der Waals surface area (Å²) in [4.78, 5) is 30.9. The lowest BCUT2D eigenvalue weighted by Gasteiger charge is -2.13. The molecule has 0 aliphatic rings. The fraction of sp³-hybridized carbons (Fsp3) is 0.200. The Morgan fingerprint density at radius 3 is 2.71 bits per heavy atom. The number of hydrogen-bond donors (Lipinski definition) is 3. The molecule has 0 bridgehead atoms. The zero-order chi connectivity index (χ0) is 17.5. The molecule has 2 rings (SSSR count). The summed E-state index contributed by atoms with van der Waals surface area (Å²) in [6, 6.07) is 4.19. The van der Waals surface area contributed by atoms with Crippen LogP contribution in [0.2, 0.25) is 5.02 Å². The monoisotopic (exact) mass is 349 g/mol. The number of nitrogens with zero attached hydrogens (tertiary/aromatic N) is 2. The number of aryl methyl sites for hydroxylation is 1. The Labute approximate surface area is 143 Å². The van der Waals surface area contributed by atoms with Crippen molar-refractivity contribution in [1.29, 1.82) is 0 Å². The molecule has 0 unspecified atom stereocenters. The largest absolute Gasteiger partial charge is 0.491 e. The summed E-state index contributed by atoms with van der Waals surface area (Å²) in [6.07, 6.45) is 3.04. The van der Waals surface area contributed by atoms with Crippen LogP contribution in [-0.4, -0.2) is 28.5 Å². The zero-order valence-corrected chi connectivity index (χ0v) is 13.6. The highest BCUT2D eigenvalue weighted by Gasteiger charge is 2.10. The molecule has 4 N–H and O–H groups in total. The van der Waals surface area contributed by atoms with Crippen LogP contribution < -0.4 is 21.1 Å². The van der Waals surface area contributed by atoms with Gasteiger partial charge in [0.05, 0.1) is 36.8 Å². The van der Waals surface area contributed by atoms with Crippen LogP contribution in [0.25, 0.3) is 0 Å². The molecule has 0 aliphatic carbocycles. The van der Waals surface area contributed by atoms with E-state index in [1.165, 1.54) is 18.5 Å². The van der Waals surface area contributed by atoms with Crippen molar-refractivity contribution in [3.63, 3.8) is 0 Å². The number of carbonyl (C=O) groups excluding carboxylic acids is 2. The number of carbonyl (C=O) groups is 2. The lowest BCUT2D eigenvalue weighted by Crippen LogP contribution is -2.21. The normalized spacial score (nSPS) is 10.1. The van der Waals surface area contributed by atoms with Crippen molar-refractivity contribution in [3.05, 3.63) is 41.3 Å². The molecular weight excluding hydrogens is 334 g/mol. The molecule has 1 aromatic carbocycles. The van der Waals surface area contributed by atoms with Crippen LogP contribution >= 0.6 is 11.6 Å². The summed E-state index contributed by atoms with van der Waals surface area (Å²) in [5.41, 5.74) is 6.15. The third-order valence-corrected chi connectivity index (χ3v) is 3.05. The third-order valence-electron chi connectivity index (χ3n) is 2.82. The van der Waals surface area contributed by atoms with Crippen LogP contribution in [-0.2, 0) is 4.79 Å². The molecule has 126 valence electrons. The predicted octanol–water partition coefficient (Wildman–Crippen LogP) is 2.34. The van der Waals surface area contributed by atoms with Gasteiger partial charge in [-0.15, -0.1) is 0 Å². The minimum atomic E-state index is -0.532. The first kappa shape index (κ1) is 17.5. The van der Waals surface area contributed by atoms with E-state index < -0.39 is 11.9 Å². The number of halogens is 1. The Morgan fingerprint density at radius 1 is 1.25 bits per heavy atom. The fourth-order valence-electron chi connectivity index (χ4n) is 1.71. The molecule has 8 nitrogen and oxygen atoms in total. The van der Waals surface area contributed by atoms with Crippen LogP contribution in [0.15, 0.2) is 30.6 Å². The maximum absolute atomic E-state index is 12.0. The Hall–Kier alpha value is -2.87. The van der Waals surface area contributed by atoms with Gasteiger partial charge in [0.2, 0.25) is 5.91 Å². The quantitative estimate of drug-likeness (QED) is 0.739. The van der Waals surface area contributed by atoms with Gasteiger partial charge in [0, 0.05) is 5.02 Å². The first-order chi connectivity index (χ1) is 11.4. The van der Waals surface area contributed by atoms with Crippen molar-refractivity contribution >= 4 is 35.0 Å². The second kappa shape index (κ2) is 8.11. The number of benzene rings is 1. The molecule has 3 amide bonds. The van der Waals surface area contributed by atoms with Crippen LogP contribution in [0, 0.1) is 6.92 Å². The molecule has 9 heteroatoms. The molecule has 0 saturated carbocycles. The van der Waals surface area contributed by atoms with Gasteiger partial charge in [0.1, 0.15) is 5.75 Å². The fourth-order valence-corrected chi connectivity index (χ4v) is 1.89. The molecule has 24 heavy (non-hydrogen) atoms. The molecule has 0 radical (unpaired) electrons. The van der Waals surface area contributed by atoms with Crippen molar-refractivity contribution in [2.75, 3.05) is 17.2 Å². The number of nitrogens with one attached hydrogen (secondary N) is 2. The van der Waals surface area contributed by atoms with Gasteiger partial charge in [-0.05, 0) is 25.1 Å². The highest BCUT2D eigenvalue weighted by molar-refractivity contribution is 6.31. The summed E-state index contributed by atoms with van der Waals surface area (Å²) >= 11 is 5.94. The number of aromatic nitrogens is 2. The first-order valence-electron chi connectivity index (χ1n) is 7.01.